The van der Waals surface area contributed by atoms with Crippen LogP contribution >= 0.6 is 0 Å². The lowest BCUT2D eigenvalue weighted by Crippen LogP contribution is -2.16. The number of benzene rings is 3. The number of nitrogens with zero attached hydrogens (tertiary/aromatic N) is 2. The molecule has 12 heteroatoms. The number of nitrogens with one attached hydrogen (secondary N) is 2. The number of aromatic carboxylic acids is 1. The van der Waals surface area contributed by atoms with Crippen LogP contribution in [0.15, 0.2) is 76.7 Å². The number of aromatic hydroxyl groups is 1. The molecule has 0 aromatic heterocycles. The standard InChI is InChI=1S/C20H16N4O7S/c25-19-8-4-1-5-13(19)12-21-22-17-10-9-14(11-18(17)24(28)29)32(30,31)23-16-7-3-2-6-15(16)20(26)27/h1-12,22-23,25H,(H,26,27). The van der Waals surface area contributed by atoms with Crippen molar-refractivity contribution in [3.8, 4) is 5.75 Å². The van der Waals surface area contributed by atoms with E-state index in [1.807, 2.05) is 0 Å². The molecule has 0 saturated heterocycles. The normalized spacial score (nSPS) is 11.2. The fraction of sp³-hybridized carbons (Fsp3) is 0. The number of nitro benzene ring substituents is 1. The van der Waals surface area contributed by atoms with Crippen LogP contribution in [0.3, 0.4) is 0 Å². The number of nitro groups is 1. The van der Waals surface area contributed by atoms with Crippen molar-refractivity contribution in [1.29, 1.82) is 0 Å². The van der Waals surface area contributed by atoms with Gasteiger partial charge in [0, 0.05) is 11.6 Å². The highest BCUT2D eigenvalue weighted by Gasteiger charge is 2.23. The first kappa shape index (κ1) is 22.2. The Labute approximate surface area is 181 Å². The Bertz CT molecular complexity index is 1320. The molecule has 0 spiro atoms. The zero-order chi connectivity index (χ0) is 23.3. The topological polar surface area (TPSA) is 171 Å². The summed E-state index contributed by atoms with van der Waals surface area (Å²) in [5, 5.41) is 34.2. The minimum atomic E-state index is -4.33. The molecule has 0 radical (unpaired) electrons. The Balaban J connectivity index is 1.89. The van der Waals surface area contributed by atoms with Crippen molar-refractivity contribution in [2.45, 2.75) is 4.90 Å². The summed E-state index contributed by atoms with van der Waals surface area (Å²) in [6, 6.07) is 14.7. The van der Waals surface area contributed by atoms with Crippen molar-refractivity contribution < 1.29 is 28.3 Å². The van der Waals surface area contributed by atoms with E-state index >= 15 is 0 Å². The number of hydrazone groups is 1. The molecule has 0 aliphatic rings. The van der Waals surface area contributed by atoms with E-state index in [1.54, 1.807) is 18.2 Å². The van der Waals surface area contributed by atoms with Crippen LogP contribution in [0, 0.1) is 10.1 Å². The van der Waals surface area contributed by atoms with E-state index in [4.69, 9.17) is 0 Å². The Morgan fingerprint density at radius 3 is 2.41 bits per heavy atom. The van der Waals surface area contributed by atoms with Crippen molar-refractivity contribution in [3.63, 3.8) is 0 Å². The maximum Gasteiger partial charge on any atom is 0.337 e. The summed E-state index contributed by atoms with van der Waals surface area (Å²) >= 11 is 0. The molecule has 164 valence electrons. The Kier molecular flexibility index (Phi) is 6.35. The molecular formula is C20H16N4O7S. The molecule has 0 atom stereocenters. The SMILES string of the molecule is O=C(O)c1ccccc1NS(=O)(=O)c1ccc(NN=Cc2ccccc2O)c([N+](=O)[O-])c1. The minimum Gasteiger partial charge on any atom is -0.507 e. The number of rotatable bonds is 8. The lowest BCUT2D eigenvalue weighted by Gasteiger charge is -2.11. The number of phenols is 1. The van der Waals surface area contributed by atoms with Gasteiger partial charge in [-0.15, -0.1) is 0 Å². The molecule has 11 nitrogen and oxygen atoms in total. The molecule has 0 aliphatic carbocycles. The quantitative estimate of drug-likeness (QED) is 0.227. The molecule has 0 amide bonds. The number of hydrogen-bond donors (Lipinski definition) is 4. The average molecular weight is 456 g/mol. The highest BCUT2D eigenvalue weighted by molar-refractivity contribution is 7.92. The summed E-state index contributed by atoms with van der Waals surface area (Å²) in [7, 11) is -4.33. The fourth-order valence-electron chi connectivity index (χ4n) is 2.65. The van der Waals surface area contributed by atoms with E-state index in [9.17, 15) is 33.5 Å². The first-order valence-electron chi connectivity index (χ1n) is 8.89. The van der Waals surface area contributed by atoms with Crippen molar-refractivity contribution in [2.24, 2.45) is 5.10 Å². The van der Waals surface area contributed by atoms with Crippen molar-refractivity contribution in [2.75, 3.05) is 10.1 Å². The molecule has 32 heavy (non-hydrogen) atoms. The van der Waals surface area contributed by atoms with Crippen molar-refractivity contribution in [3.05, 3.63) is 88.0 Å². The van der Waals surface area contributed by atoms with Crippen LogP contribution in [0.2, 0.25) is 0 Å². The van der Waals surface area contributed by atoms with Gasteiger partial charge >= 0.3 is 5.97 Å². The lowest BCUT2D eigenvalue weighted by atomic mass is 10.2. The van der Waals surface area contributed by atoms with E-state index in [1.165, 1.54) is 36.5 Å². The number of carboxylic acids is 1. The zero-order valence-corrected chi connectivity index (χ0v) is 17.0. The predicted octanol–water partition coefficient (Wildman–Crippen LogP) is 3.25. The van der Waals surface area contributed by atoms with Gasteiger partial charge in [0.2, 0.25) is 0 Å². The molecule has 0 heterocycles. The minimum absolute atomic E-state index is 0.0401. The van der Waals surface area contributed by atoms with Crippen LogP contribution in [-0.2, 0) is 10.0 Å². The van der Waals surface area contributed by atoms with Gasteiger partial charge in [-0.2, -0.15) is 5.10 Å². The number of anilines is 2. The maximum atomic E-state index is 12.7. The second-order valence-corrected chi connectivity index (χ2v) is 8.00. The van der Waals surface area contributed by atoms with Crippen LogP contribution in [0.5, 0.6) is 5.75 Å². The second-order valence-electron chi connectivity index (χ2n) is 6.32. The van der Waals surface area contributed by atoms with Crippen LogP contribution in [0.25, 0.3) is 0 Å². The van der Waals surface area contributed by atoms with E-state index in [0.29, 0.717) is 5.56 Å². The van der Waals surface area contributed by atoms with Gasteiger partial charge in [-0.1, -0.05) is 24.3 Å². The van der Waals surface area contributed by atoms with Gasteiger partial charge < -0.3 is 10.2 Å². The molecule has 3 aromatic carbocycles. The van der Waals surface area contributed by atoms with Crippen LogP contribution in [0.4, 0.5) is 17.1 Å². The van der Waals surface area contributed by atoms with Crippen LogP contribution in [0.1, 0.15) is 15.9 Å². The first-order valence-corrected chi connectivity index (χ1v) is 10.4. The molecule has 3 rings (SSSR count). The summed E-state index contributed by atoms with van der Waals surface area (Å²) in [5.41, 5.74) is 1.69. The third-order valence-electron chi connectivity index (χ3n) is 4.20. The van der Waals surface area contributed by atoms with E-state index < -0.39 is 31.5 Å². The van der Waals surface area contributed by atoms with Gasteiger partial charge in [-0.25, -0.2) is 13.2 Å². The monoisotopic (exact) mass is 456 g/mol. The van der Waals surface area contributed by atoms with Crippen LogP contribution < -0.4 is 10.1 Å². The Morgan fingerprint density at radius 1 is 1.03 bits per heavy atom. The second kappa shape index (κ2) is 9.14. The molecule has 0 saturated carbocycles. The largest absolute Gasteiger partial charge is 0.507 e. The summed E-state index contributed by atoms with van der Waals surface area (Å²) in [5.74, 6) is -1.38. The van der Waals surface area contributed by atoms with Gasteiger partial charge in [0.05, 0.1) is 27.3 Å². The molecule has 3 aromatic rings. The average Bonchev–Trinajstić information content (AvgIpc) is 2.75. The molecule has 4 N–H and O–H groups in total. The molecule has 0 bridgehead atoms. The van der Waals surface area contributed by atoms with Crippen molar-refractivity contribution >= 4 is 39.3 Å². The summed E-state index contributed by atoms with van der Waals surface area (Å²) in [6.07, 6.45) is 1.24. The van der Waals surface area contributed by atoms with Gasteiger partial charge in [0.1, 0.15) is 11.4 Å². The molecule has 0 fully saturated rings. The first-order chi connectivity index (χ1) is 15.2. The number of phenolic OH excluding ortho intramolecular Hbond substituents is 1. The molecular weight excluding hydrogens is 440 g/mol. The van der Waals surface area contributed by atoms with Gasteiger partial charge in [0.25, 0.3) is 15.7 Å². The number of hydrogen-bond acceptors (Lipinski definition) is 8. The summed E-state index contributed by atoms with van der Waals surface area (Å²) in [6.45, 7) is 0. The zero-order valence-electron chi connectivity index (χ0n) is 16.2. The third-order valence-corrected chi connectivity index (χ3v) is 5.57. The Hall–Kier alpha value is -4.45. The smallest absolute Gasteiger partial charge is 0.337 e. The summed E-state index contributed by atoms with van der Waals surface area (Å²) < 4.78 is 27.5. The van der Waals surface area contributed by atoms with Gasteiger partial charge in [-0.3, -0.25) is 20.3 Å². The number of carbonyl (C=O) groups is 1. The van der Waals surface area contributed by atoms with Crippen LogP contribution in [-0.4, -0.2) is 35.7 Å². The third kappa shape index (κ3) is 4.99. The number of sulfonamides is 1. The number of para-hydroxylation sites is 2. The molecule has 0 aliphatic heterocycles. The van der Waals surface area contributed by atoms with E-state index in [0.717, 1.165) is 18.2 Å². The highest BCUT2D eigenvalue weighted by atomic mass is 32.2. The predicted molar refractivity (Wildman–Crippen MR) is 117 cm³/mol. The lowest BCUT2D eigenvalue weighted by molar-refractivity contribution is -0.384. The van der Waals surface area contributed by atoms with E-state index in [-0.39, 0.29) is 22.7 Å². The van der Waals surface area contributed by atoms with Crippen molar-refractivity contribution in [1.82, 2.24) is 0 Å². The number of carboxylic acid groups (broad SMARTS) is 1. The Morgan fingerprint density at radius 2 is 1.72 bits per heavy atom. The van der Waals surface area contributed by atoms with E-state index in [2.05, 4.69) is 15.2 Å². The van der Waals surface area contributed by atoms with Gasteiger partial charge in [-0.05, 0) is 36.4 Å². The maximum absolute atomic E-state index is 12.7. The highest BCUT2D eigenvalue weighted by Crippen LogP contribution is 2.29. The molecule has 0 unspecified atom stereocenters. The van der Waals surface area contributed by atoms with Gasteiger partial charge in [0.15, 0.2) is 0 Å². The summed E-state index contributed by atoms with van der Waals surface area (Å²) in [4.78, 5) is 21.5. The fourth-order valence-corrected chi connectivity index (χ4v) is 3.75.